The van der Waals surface area contributed by atoms with Crippen molar-refractivity contribution < 1.29 is 4.79 Å². The predicted molar refractivity (Wildman–Crippen MR) is 88.6 cm³/mol. The minimum absolute atomic E-state index is 0.181. The number of carbonyl (C=O) groups excluding carboxylic acids is 1. The zero-order valence-electron chi connectivity index (χ0n) is 12.7. The monoisotopic (exact) mass is 294 g/mol. The summed E-state index contributed by atoms with van der Waals surface area (Å²) in [5, 5.41) is 2.56. The second-order valence-corrected chi connectivity index (χ2v) is 6.68. The first kappa shape index (κ1) is 13.8. The van der Waals surface area contributed by atoms with Gasteiger partial charge in [0.1, 0.15) is 0 Å². The van der Waals surface area contributed by atoms with E-state index in [1.807, 2.05) is 4.90 Å². The van der Waals surface area contributed by atoms with E-state index in [2.05, 4.69) is 42.5 Å². The van der Waals surface area contributed by atoms with Gasteiger partial charge < -0.3 is 10.6 Å². The Morgan fingerprint density at radius 2 is 1.77 bits per heavy atom. The van der Waals surface area contributed by atoms with E-state index in [0.29, 0.717) is 11.8 Å². The Morgan fingerprint density at radius 3 is 2.59 bits per heavy atom. The number of fused-ring (bicyclic) bond motifs is 1. The van der Waals surface area contributed by atoms with Crippen LogP contribution >= 0.6 is 0 Å². The molecule has 0 bridgehead atoms. The molecule has 0 aromatic heterocycles. The van der Waals surface area contributed by atoms with Crippen LogP contribution in [0.5, 0.6) is 0 Å². The maximum absolute atomic E-state index is 12.7. The highest BCUT2D eigenvalue weighted by molar-refractivity contribution is 5.89. The second-order valence-electron chi connectivity index (χ2n) is 6.68. The highest BCUT2D eigenvalue weighted by Crippen LogP contribution is 2.50. The maximum atomic E-state index is 12.7. The van der Waals surface area contributed by atoms with Gasteiger partial charge in [0.2, 0.25) is 5.91 Å². The number of nitrogens with zero attached hydrogens (tertiary/aromatic N) is 1. The van der Waals surface area contributed by atoms with E-state index in [1.165, 1.54) is 16.3 Å². The maximum Gasteiger partial charge on any atom is 0.226 e. The number of nitrogens with two attached hydrogens (primary N) is 1. The lowest BCUT2D eigenvalue weighted by molar-refractivity contribution is -0.133. The van der Waals surface area contributed by atoms with Gasteiger partial charge in [-0.25, -0.2) is 0 Å². The number of benzene rings is 2. The molecule has 3 nitrogen and oxygen atoms in total. The highest BCUT2D eigenvalue weighted by atomic mass is 16.2. The molecule has 2 fully saturated rings. The van der Waals surface area contributed by atoms with Crippen LogP contribution in [0, 0.1) is 5.92 Å². The van der Waals surface area contributed by atoms with Crippen molar-refractivity contribution in [2.45, 2.75) is 31.2 Å². The van der Waals surface area contributed by atoms with E-state index in [9.17, 15) is 4.79 Å². The van der Waals surface area contributed by atoms with Crippen LogP contribution in [0.4, 0.5) is 0 Å². The SMILES string of the molecule is NC1CCN(C(=O)C2CC2c2cccc3ccccc23)CC1. The number of amides is 1. The quantitative estimate of drug-likeness (QED) is 0.925. The van der Waals surface area contributed by atoms with Crippen molar-refractivity contribution in [1.29, 1.82) is 0 Å². The number of piperidine rings is 1. The van der Waals surface area contributed by atoms with Gasteiger partial charge in [0.15, 0.2) is 0 Å². The molecule has 1 aliphatic heterocycles. The molecule has 0 radical (unpaired) electrons. The zero-order valence-corrected chi connectivity index (χ0v) is 12.7. The molecule has 3 heteroatoms. The van der Waals surface area contributed by atoms with E-state index >= 15 is 0 Å². The summed E-state index contributed by atoms with van der Waals surface area (Å²) in [7, 11) is 0. The molecular weight excluding hydrogens is 272 g/mol. The largest absolute Gasteiger partial charge is 0.342 e. The third-order valence-electron chi connectivity index (χ3n) is 5.18. The Hall–Kier alpha value is -1.87. The molecule has 2 aromatic rings. The molecule has 1 aliphatic carbocycles. The van der Waals surface area contributed by atoms with Gasteiger partial charge in [0.05, 0.1) is 0 Å². The van der Waals surface area contributed by atoms with Crippen LogP contribution in [0.25, 0.3) is 10.8 Å². The molecule has 2 aromatic carbocycles. The van der Waals surface area contributed by atoms with Gasteiger partial charge in [0.25, 0.3) is 0 Å². The Labute approximate surface area is 131 Å². The Morgan fingerprint density at radius 1 is 1.05 bits per heavy atom. The molecule has 2 aliphatic rings. The van der Waals surface area contributed by atoms with Crippen LogP contribution in [-0.2, 0) is 4.79 Å². The summed E-state index contributed by atoms with van der Waals surface area (Å²) in [6, 6.07) is 15.2. The first-order valence-electron chi connectivity index (χ1n) is 8.26. The van der Waals surface area contributed by atoms with E-state index in [1.54, 1.807) is 0 Å². The van der Waals surface area contributed by atoms with Crippen molar-refractivity contribution in [3.05, 3.63) is 48.0 Å². The second kappa shape index (κ2) is 5.40. The van der Waals surface area contributed by atoms with Crippen molar-refractivity contribution in [3.8, 4) is 0 Å². The number of carbonyl (C=O) groups is 1. The molecule has 2 unspecified atom stereocenters. The van der Waals surface area contributed by atoms with E-state index in [0.717, 1.165) is 32.4 Å². The van der Waals surface area contributed by atoms with Crippen molar-refractivity contribution in [1.82, 2.24) is 4.90 Å². The van der Waals surface area contributed by atoms with Crippen LogP contribution in [-0.4, -0.2) is 29.9 Å². The molecule has 1 saturated heterocycles. The average Bonchev–Trinajstić information content (AvgIpc) is 3.35. The van der Waals surface area contributed by atoms with E-state index < -0.39 is 0 Å². The van der Waals surface area contributed by atoms with Crippen molar-refractivity contribution >= 4 is 16.7 Å². The first-order valence-corrected chi connectivity index (χ1v) is 8.26. The normalized spacial score (nSPS) is 25.4. The van der Waals surface area contributed by atoms with Gasteiger partial charge >= 0.3 is 0 Å². The van der Waals surface area contributed by atoms with Crippen LogP contribution in [0.3, 0.4) is 0 Å². The highest BCUT2D eigenvalue weighted by Gasteiger charge is 2.46. The minimum atomic E-state index is 0.181. The Balaban J connectivity index is 1.52. The summed E-state index contributed by atoms with van der Waals surface area (Å²) in [6.45, 7) is 1.66. The Bertz CT molecular complexity index is 698. The predicted octanol–water partition coefficient (Wildman–Crippen LogP) is 2.89. The number of likely N-dealkylation sites (tertiary alicyclic amines) is 1. The van der Waals surface area contributed by atoms with Crippen LogP contribution < -0.4 is 5.73 Å². The average molecular weight is 294 g/mol. The third kappa shape index (κ3) is 2.40. The summed E-state index contributed by atoms with van der Waals surface area (Å²) in [5.41, 5.74) is 7.27. The lowest BCUT2D eigenvalue weighted by Gasteiger charge is -2.30. The van der Waals surface area contributed by atoms with Gasteiger partial charge in [-0.3, -0.25) is 4.79 Å². The van der Waals surface area contributed by atoms with Crippen LogP contribution in [0.2, 0.25) is 0 Å². The molecule has 0 spiro atoms. The van der Waals surface area contributed by atoms with Crippen molar-refractivity contribution in [3.63, 3.8) is 0 Å². The summed E-state index contributed by atoms with van der Waals surface area (Å²) in [5.74, 6) is 0.916. The molecule has 1 amide bonds. The molecule has 1 heterocycles. The van der Waals surface area contributed by atoms with Crippen LogP contribution in [0.1, 0.15) is 30.7 Å². The number of hydrogen-bond acceptors (Lipinski definition) is 2. The Kier molecular flexibility index (Phi) is 3.38. The smallest absolute Gasteiger partial charge is 0.226 e. The van der Waals surface area contributed by atoms with Gasteiger partial charge in [-0.2, -0.15) is 0 Å². The summed E-state index contributed by atoms with van der Waals surface area (Å²) in [4.78, 5) is 14.7. The molecule has 2 atom stereocenters. The minimum Gasteiger partial charge on any atom is -0.342 e. The summed E-state index contributed by atoms with van der Waals surface area (Å²) >= 11 is 0. The molecular formula is C19H22N2O. The van der Waals surface area contributed by atoms with E-state index in [-0.39, 0.29) is 12.0 Å². The molecule has 114 valence electrons. The van der Waals surface area contributed by atoms with Crippen molar-refractivity contribution in [2.24, 2.45) is 11.7 Å². The fraction of sp³-hybridized carbons (Fsp3) is 0.421. The lowest BCUT2D eigenvalue weighted by atomic mass is 9.99. The fourth-order valence-corrected chi connectivity index (χ4v) is 3.74. The fourth-order valence-electron chi connectivity index (χ4n) is 3.74. The molecule has 2 N–H and O–H groups in total. The standard InChI is InChI=1S/C19H22N2O/c20-14-8-10-21(11-9-14)19(22)18-12-17(18)16-7-3-5-13-4-1-2-6-15(13)16/h1-7,14,17-18H,8-12,20H2. The first-order chi connectivity index (χ1) is 10.7. The zero-order chi connectivity index (χ0) is 15.1. The number of rotatable bonds is 2. The lowest BCUT2D eigenvalue weighted by Crippen LogP contribution is -2.43. The van der Waals surface area contributed by atoms with Gasteiger partial charge in [-0.1, -0.05) is 42.5 Å². The topological polar surface area (TPSA) is 46.3 Å². The van der Waals surface area contributed by atoms with Gasteiger partial charge in [-0.05, 0) is 41.5 Å². The molecule has 22 heavy (non-hydrogen) atoms. The molecule has 4 rings (SSSR count). The van der Waals surface area contributed by atoms with Crippen molar-refractivity contribution in [2.75, 3.05) is 13.1 Å². The van der Waals surface area contributed by atoms with Crippen LogP contribution in [0.15, 0.2) is 42.5 Å². The number of hydrogen-bond donors (Lipinski definition) is 1. The third-order valence-corrected chi connectivity index (χ3v) is 5.18. The van der Waals surface area contributed by atoms with Gasteiger partial charge in [0, 0.05) is 25.0 Å². The summed E-state index contributed by atoms with van der Waals surface area (Å²) in [6.07, 6.45) is 2.88. The summed E-state index contributed by atoms with van der Waals surface area (Å²) < 4.78 is 0. The van der Waals surface area contributed by atoms with E-state index in [4.69, 9.17) is 5.73 Å². The molecule has 1 saturated carbocycles. The van der Waals surface area contributed by atoms with Gasteiger partial charge in [-0.15, -0.1) is 0 Å².